The molecule has 0 N–H and O–H groups in total. The van der Waals surface area contributed by atoms with E-state index in [-0.39, 0.29) is 98.1 Å². The maximum Gasteiger partial charge on any atom is 0.0140 e. The van der Waals surface area contributed by atoms with Crippen molar-refractivity contribution < 1.29 is 98.1 Å². The number of aliphatic imine (C=N–C) groups is 1. The van der Waals surface area contributed by atoms with Gasteiger partial charge in [-0.05, 0) is 0 Å². The van der Waals surface area contributed by atoms with Gasteiger partial charge in [-0.1, -0.05) is 19.8 Å². The molecule has 0 fully saturated rings. The van der Waals surface area contributed by atoms with Crippen molar-refractivity contribution in [3.05, 3.63) is 42.3 Å². The average molecular weight is 440 g/mol. The third-order valence-electron chi connectivity index (χ3n) is 2.08. The predicted molar refractivity (Wildman–Crippen MR) is 57.2 cm³/mol. The van der Waals surface area contributed by atoms with Crippen LogP contribution in [0.2, 0.25) is 0 Å². The van der Waals surface area contributed by atoms with Crippen molar-refractivity contribution >= 4 is 5.71 Å². The predicted octanol–water partition coefficient (Wildman–Crippen LogP) is 2.86. The van der Waals surface area contributed by atoms with Crippen LogP contribution < -0.4 is 0 Å². The summed E-state index contributed by atoms with van der Waals surface area (Å²) in [6, 6.07) is 9.31. The molecule has 1 nitrogen and oxygen atoms in total. The zero-order valence-corrected chi connectivity index (χ0v) is 18.7. The molecule has 0 aliphatic heterocycles. The van der Waals surface area contributed by atoms with Crippen molar-refractivity contribution in [3.63, 3.8) is 0 Å². The number of nitrogens with zero attached hydrogens (tertiary/aromatic N) is 1. The van der Waals surface area contributed by atoms with Gasteiger partial charge < -0.3 is 4.99 Å². The maximum atomic E-state index is 4.01. The molecular weight excluding hydrogens is 425 g/mol. The number of rotatable bonds is 2. The molecule has 0 bridgehead atoms. The molecule has 0 amide bonds. The molecule has 0 aromatic heterocycles. The first-order chi connectivity index (χ1) is 6.15. The van der Waals surface area contributed by atoms with Gasteiger partial charge in [0.15, 0.2) is 0 Å². The van der Waals surface area contributed by atoms with Crippen LogP contribution in [0, 0.1) is 13.0 Å². The summed E-state index contributed by atoms with van der Waals surface area (Å²) in [5, 5.41) is 0. The van der Waals surface area contributed by atoms with Crippen molar-refractivity contribution in [2.45, 2.75) is 19.8 Å². The summed E-state index contributed by atoms with van der Waals surface area (Å²) in [5.74, 6) is 0.553. The van der Waals surface area contributed by atoms with E-state index in [1.807, 2.05) is 12.1 Å². The second kappa shape index (κ2) is 12.1. The summed E-state index contributed by atoms with van der Waals surface area (Å²) in [4.78, 5) is 4.01. The molecule has 0 aliphatic carbocycles. The minimum absolute atomic E-state index is 0. The van der Waals surface area contributed by atoms with Crippen LogP contribution in [0.3, 0.4) is 0 Å². The van der Waals surface area contributed by atoms with Crippen molar-refractivity contribution in [1.29, 1.82) is 0 Å². The van der Waals surface area contributed by atoms with Crippen LogP contribution >= 0.6 is 0 Å². The van der Waals surface area contributed by atoms with Crippen LogP contribution in [0.15, 0.2) is 23.2 Å². The van der Waals surface area contributed by atoms with Gasteiger partial charge in [0.2, 0.25) is 0 Å². The van der Waals surface area contributed by atoms with Gasteiger partial charge in [-0.3, -0.25) is 12.5 Å². The second-order valence-corrected chi connectivity index (χ2v) is 3.36. The van der Waals surface area contributed by atoms with E-state index >= 15 is 0 Å². The largest absolute Gasteiger partial charge is 0.374 e. The van der Waals surface area contributed by atoms with Crippen LogP contribution in [-0.4, -0.2) is 12.8 Å². The Bertz CT molecular complexity index is 305. The maximum absolute atomic E-state index is 4.01. The Balaban J connectivity index is -0.000000563. The minimum Gasteiger partial charge on any atom is -0.374 e. The summed E-state index contributed by atoms with van der Waals surface area (Å²) in [7, 11) is 1.74. The SMILES string of the molecule is [CH2-]C(=NC)c1[c-]cc(C(C)C)cc1.[Y].[Y].[Y]. The van der Waals surface area contributed by atoms with Crippen LogP contribution in [0.25, 0.3) is 0 Å². The Morgan fingerprint density at radius 1 is 1.25 bits per heavy atom. The van der Waals surface area contributed by atoms with Crippen molar-refractivity contribution in [2.24, 2.45) is 4.99 Å². The quantitative estimate of drug-likeness (QED) is 0.496. The molecule has 4 heteroatoms. The van der Waals surface area contributed by atoms with Crippen LogP contribution in [0.4, 0.5) is 0 Å². The van der Waals surface area contributed by atoms with E-state index < -0.39 is 0 Å². The molecule has 0 aliphatic rings. The fourth-order valence-electron chi connectivity index (χ4n) is 1.10. The normalized spacial score (nSPS) is 9.88. The zero-order chi connectivity index (χ0) is 9.84. The third-order valence-corrected chi connectivity index (χ3v) is 2.08. The number of benzene rings is 1. The molecule has 16 heavy (non-hydrogen) atoms. The van der Waals surface area contributed by atoms with Crippen molar-refractivity contribution in [2.75, 3.05) is 7.05 Å². The van der Waals surface area contributed by atoms with Crippen molar-refractivity contribution in [3.8, 4) is 0 Å². The van der Waals surface area contributed by atoms with E-state index in [1.54, 1.807) is 7.05 Å². The molecule has 79 valence electrons. The number of hydrogen-bond donors (Lipinski definition) is 0. The Morgan fingerprint density at radius 2 is 1.81 bits per heavy atom. The zero-order valence-electron chi connectivity index (χ0n) is 10.2. The van der Waals surface area contributed by atoms with Crippen LogP contribution in [0.5, 0.6) is 0 Å². The summed E-state index contributed by atoms with van der Waals surface area (Å²) in [5.41, 5.74) is 3.06. The van der Waals surface area contributed by atoms with E-state index in [4.69, 9.17) is 0 Å². The average Bonchev–Trinajstić information content (AvgIpc) is 2.17. The van der Waals surface area contributed by atoms with Gasteiger partial charge in [0.05, 0.1) is 0 Å². The molecule has 1 aromatic carbocycles. The molecule has 0 saturated carbocycles. The molecule has 0 unspecified atom stereocenters. The summed E-state index contributed by atoms with van der Waals surface area (Å²) >= 11 is 0. The van der Waals surface area contributed by atoms with Gasteiger partial charge >= 0.3 is 0 Å². The van der Waals surface area contributed by atoms with Crippen LogP contribution in [-0.2, 0) is 98.1 Å². The Morgan fingerprint density at radius 3 is 2.12 bits per heavy atom. The van der Waals surface area contributed by atoms with Gasteiger partial charge in [-0.25, -0.2) is 12.1 Å². The monoisotopic (exact) mass is 440 g/mol. The molecular formula is C12H15NY3-2. The van der Waals surface area contributed by atoms with Crippen LogP contribution in [0.1, 0.15) is 30.9 Å². The van der Waals surface area contributed by atoms with E-state index in [1.165, 1.54) is 5.56 Å². The van der Waals surface area contributed by atoms with Gasteiger partial charge in [0, 0.05) is 105 Å². The Kier molecular flexibility index (Phi) is 17.6. The molecule has 0 heterocycles. The first-order valence-corrected chi connectivity index (χ1v) is 4.46. The minimum atomic E-state index is 0. The van der Waals surface area contributed by atoms with E-state index in [0.29, 0.717) is 5.92 Å². The summed E-state index contributed by atoms with van der Waals surface area (Å²) in [6.45, 7) is 8.16. The van der Waals surface area contributed by atoms with E-state index in [9.17, 15) is 0 Å². The molecule has 0 saturated heterocycles. The molecule has 3 radical (unpaired) electrons. The Hall–Kier alpha value is 2.07. The van der Waals surface area contributed by atoms with E-state index in [2.05, 4.69) is 37.9 Å². The van der Waals surface area contributed by atoms with Gasteiger partial charge in [-0.2, -0.15) is 17.8 Å². The summed E-state index contributed by atoms with van der Waals surface area (Å²) in [6.07, 6.45) is 0. The van der Waals surface area contributed by atoms with Crippen molar-refractivity contribution in [1.82, 2.24) is 0 Å². The third kappa shape index (κ3) is 7.49. The fourth-order valence-corrected chi connectivity index (χ4v) is 1.10. The molecule has 0 atom stereocenters. The standard InChI is InChI=1S/C12H15N.3Y/c1-9(2)11-5-7-12(8-6-11)10(3)13-4;;;/h5-7,9H,3H2,1-2,4H3;;;/q-2;;;. The molecule has 0 spiro atoms. The first-order valence-electron chi connectivity index (χ1n) is 4.46. The Labute approximate surface area is 175 Å². The second-order valence-electron chi connectivity index (χ2n) is 3.36. The topological polar surface area (TPSA) is 12.4 Å². The fraction of sp³-hybridized carbons (Fsp3) is 0.333. The van der Waals surface area contributed by atoms with Gasteiger partial charge in [0.25, 0.3) is 0 Å². The first kappa shape index (κ1) is 23.2. The van der Waals surface area contributed by atoms with Gasteiger partial charge in [-0.15, -0.1) is 5.56 Å². The summed E-state index contributed by atoms with van der Waals surface area (Å²) < 4.78 is 0. The molecule has 1 rings (SSSR count). The number of hydrogen-bond acceptors (Lipinski definition) is 1. The molecule has 1 aromatic rings. The van der Waals surface area contributed by atoms with E-state index in [0.717, 1.165) is 11.3 Å². The smallest absolute Gasteiger partial charge is 0.0140 e. The van der Waals surface area contributed by atoms with Gasteiger partial charge in [0.1, 0.15) is 0 Å².